The van der Waals surface area contributed by atoms with Crippen LogP contribution in [0.3, 0.4) is 0 Å². The SMILES string of the molecule is O=[N+]([O-])c1cnc(NC2CC2)nc1Nc1ccc(OC(F)F)nc1. The summed E-state index contributed by atoms with van der Waals surface area (Å²) in [6.07, 6.45) is 4.30. The number of hydrogen-bond acceptors (Lipinski definition) is 8. The van der Waals surface area contributed by atoms with Gasteiger partial charge in [0.15, 0.2) is 0 Å². The number of nitro groups is 1. The summed E-state index contributed by atoms with van der Waals surface area (Å²) in [4.78, 5) is 22.1. The van der Waals surface area contributed by atoms with E-state index in [9.17, 15) is 18.9 Å². The van der Waals surface area contributed by atoms with E-state index in [-0.39, 0.29) is 29.4 Å². The lowest BCUT2D eigenvalue weighted by Gasteiger charge is -2.09. The van der Waals surface area contributed by atoms with Gasteiger partial charge in [0.2, 0.25) is 17.6 Å². The van der Waals surface area contributed by atoms with Crippen molar-refractivity contribution < 1.29 is 18.4 Å². The highest BCUT2D eigenvalue weighted by molar-refractivity contribution is 5.65. The van der Waals surface area contributed by atoms with Crippen LogP contribution in [0, 0.1) is 10.1 Å². The monoisotopic (exact) mass is 338 g/mol. The van der Waals surface area contributed by atoms with E-state index in [1.165, 1.54) is 18.3 Å². The van der Waals surface area contributed by atoms with E-state index in [1.54, 1.807) is 0 Å². The largest absolute Gasteiger partial charge is 0.417 e. The molecule has 0 radical (unpaired) electrons. The van der Waals surface area contributed by atoms with Crippen LogP contribution in [-0.2, 0) is 0 Å². The molecule has 0 atom stereocenters. The van der Waals surface area contributed by atoms with Gasteiger partial charge in [-0.3, -0.25) is 10.1 Å². The predicted octanol–water partition coefficient (Wildman–Crippen LogP) is 2.70. The third-order valence-corrected chi connectivity index (χ3v) is 3.09. The molecule has 2 heterocycles. The Labute approximate surface area is 134 Å². The first kappa shape index (κ1) is 15.8. The molecule has 1 fully saturated rings. The van der Waals surface area contributed by atoms with Gasteiger partial charge in [0.1, 0.15) is 6.20 Å². The van der Waals surface area contributed by atoms with Gasteiger partial charge in [-0.05, 0) is 18.9 Å². The first-order valence-electron chi connectivity index (χ1n) is 6.97. The Morgan fingerprint density at radius 3 is 2.67 bits per heavy atom. The van der Waals surface area contributed by atoms with Crippen molar-refractivity contribution in [3.05, 3.63) is 34.6 Å². The Hall–Kier alpha value is -3.11. The zero-order valence-corrected chi connectivity index (χ0v) is 12.1. The molecule has 2 aromatic rings. The molecule has 3 rings (SSSR count). The van der Waals surface area contributed by atoms with Crippen molar-refractivity contribution in [2.45, 2.75) is 25.5 Å². The Morgan fingerprint density at radius 1 is 1.29 bits per heavy atom. The number of nitrogens with zero attached hydrogens (tertiary/aromatic N) is 4. The highest BCUT2D eigenvalue weighted by atomic mass is 19.3. The predicted molar refractivity (Wildman–Crippen MR) is 79.5 cm³/mol. The molecule has 0 aromatic carbocycles. The average Bonchev–Trinajstić information content (AvgIpc) is 3.33. The summed E-state index contributed by atoms with van der Waals surface area (Å²) in [7, 11) is 0. The van der Waals surface area contributed by atoms with Gasteiger partial charge in [0, 0.05) is 12.1 Å². The van der Waals surface area contributed by atoms with Crippen molar-refractivity contribution in [2.75, 3.05) is 10.6 Å². The second kappa shape index (κ2) is 6.56. The molecule has 9 nitrogen and oxygen atoms in total. The van der Waals surface area contributed by atoms with Gasteiger partial charge >= 0.3 is 12.3 Å². The number of alkyl halides is 2. The van der Waals surface area contributed by atoms with Crippen LogP contribution in [0.25, 0.3) is 0 Å². The third kappa shape index (κ3) is 4.00. The molecule has 0 bridgehead atoms. The maximum atomic E-state index is 12.1. The quantitative estimate of drug-likeness (QED) is 0.585. The summed E-state index contributed by atoms with van der Waals surface area (Å²) in [5.41, 5.74) is 0.0139. The highest BCUT2D eigenvalue weighted by Gasteiger charge is 2.24. The number of halogens is 2. The second-order valence-electron chi connectivity index (χ2n) is 4.99. The van der Waals surface area contributed by atoms with Crippen LogP contribution < -0.4 is 15.4 Å². The number of nitrogens with one attached hydrogen (secondary N) is 2. The number of hydrogen-bond donors (Lipinski definition) is 2. The first-order chi connectivity index (χ1) is 11.5. The van der Waals surface area contributed by atoms with Crippen molar-refractivity contribution in [3.63, 3.8) is 0 Å². The topological polar surface area (TPSA) is 115 Å². The van der Waals surface area contributed by atoms with Gasteiger partial charge in [-0.15, -0.1) is 0 Å². The summed E-state index contributed by atoms with van der Waals surface area (Å²) >= 11 is 0. The zero-order valence-electron chi connectivity index (χ0n) is 12.1. The van der Waals surface area contributed by atoms with Gasteiger partial charge in [-0.1, -0.05) is 0 Å². The molecule has 1 aliphatic rings. The fourth-order valence-corrected chi connectivity index (χ4v) is 1.83. The third-order valence-electron chi connectivity index (χ3n) is 3.09. The van der Waals surface area contributed by atoms with Crippen molar-refractivity contribution in [2.24, 2.45) is 0 Å². The molecule has 0 amide bonds. The van der Waals surface area contributed by atoms with E-state index < -0.39 is 11.5 Å². The Balaban J connectivity index is 1.79. The fraction of sp³-hybridized carbons (Fsp3) is 0.308. The molecule has 1 aliphatic carbocycles. The molecular weight excluding hydrogens is 326 g/mol. The molecule has 0 saturated heterocycles. The summed E-state index contributed by atoms with van der Waals surface area (Å²) in [5, 5.41) is 16.8. The highest BCUT2D eigenvalue weighted by Crippen LogP contribution is 2.28. The lowest BCUT2D eigenvalue weighted by molar-refractivity contribution is -0.384. The smallest absolute Gasteiger partial charge is 0.388 e. The molecule has 0 aliphatic heterocycles. The fourth-order valence-electron chi connectivity index (χ4n) is 1.83. The van der Waals surface area contributed by atoms with Gasteiger partial charge in [-0.2, -0.15) is 13.8 Å². The van der Waals surface area contributed by atoms with Crippen LogP contribution in [0.4, 0.5) is 31.9 Å². The first-order valence-corrected chi connectivity index (χ1v) is 6.97. The van der Waals surface area contributed by atoms with Crippen LogP contribution in [-0.4, -0.2) is 32.5 Å². The standard InChI is InChI=1S/C13H12F2N6O3/c14-12(15)24-10-4-3-8(5-16-10)18-11-9(21(22)23)6-17-13(20-11)19-7-1-2-7/h3-7,12H,1-2H2,(H2,17,18,19,20). The maximum Gasteiger partial charge on any atom is 0.388 e. The van der Waals surface area contributed by atoms with E-state index in [4.69, 9.17) is 0 Å². The van der Waals surface area contributed by atoms with Crippen LogP contribution in [0.15, 0.2) is 24.5 Å². The summed E-state index contributed by atoms with van der Waals surface area (Å²) < 4.78 is 28.3. The van der Waals surface area contributed by atoms with Crippen LogP contribution in [0.5, 0.6) is 5.88 Å². The van der Waals surface area contributed by atoms with Crippen molar-refractivity contribution in [3.8, 4) is 5.88 Å². The number of rotatable bonds is 7. The molecule has 126 valence electrons. The summed E-state index contributed by atoms with van der Waals surface area (Å²) in [5.74, 6) is -0.0116. The molecule has 2 N–H and O–H groups in total. The van der Waals surface area contributed by atoms with Crippen LogP contribution in [0.2, 0.25) is 0 Å². The zero-order chi connectivity index (χ0) is 17.1. The van der Waals surface area contributed by atoms with Gasteiger partial charge in [0.05, 0.1) is 16.8 Å². The minimum absolute atomic E-state index is 0.0255. The van der Waals surface area contributed by atoms with Crippen molar-refractivity contribution in [1.29, 1.82) is 0 Å². The van der Waals surface area contributed by atoms with E-state index in [0.717, 1.165) is 19.0 Å². The van der Waals surface area contributed by atoms with E-state index >= 15 is 0 Å². The van der Waals surface area contributed by atoms with E-state index in [1.807, 2.05) is 0 Å². The minimum Gasteiger partial charge on any atom is -0.417 e. The van der Waals surface area contributed by atoms with E-state index in [2.05, 4.69) is 30.3 Å². The number of anilines is 3. The van der Waals surface area contributed by atoms with Gasteiger partial charge in [-0.25, -0.2) is 9.97 Å². The average molecular weight is 338 g/mol. The van der Waals surface area contributed by atoms with Crippen LogP contribution >= 0.6 is 0 Å². The lowest BCUT2D eigenvalue weighted by Crippen LogP contribution is -2.08. The molecule has 0 spiro atoms. The molecule has 0 unspecified atom stereocenters. The molecule has 1 saturated carbocycles. The number of pyridine rings is 1. The molecule has 24 heavy (non-hydrogen) atoms. The van der Waals surface area contributed by atoms with Gasteiger partial charge in [0.25, 0.3) is 0 Å². The number of aromatic nitrogens is 3. The maximum absolute atomic E-state index is 12.1. The lowest BCUT2D eigenvalue weighted by atomic mass is 10.4. The Morgan fingerprint density at radius 2 is 2.08 bits per heavy atom. The summed E-state index contributed by atoms with van der Waals surface area (Å²) in [6, 6.07) is 2.89. The molecule has 11 heteroatoms. The van der Waals surface area contributed by atoms with Gasteiger partial charge < -0.3 is 15.4 Å². The molecule has 2 aromatic heterocycles. The minimum atomic E-state index is -2.98. The normalized spacial score (nSPS) is 13.6. The van der Waals surface area contributed by atoms with Crippen molar-refractivity contribution >= 4 is 23.1 Å². The molecular formula is C13H12F2N6O3. The van der Waals surface area contributed by atoms with E-state index in [0.29, 0.717) is 5.69 Å². The summed E-state index contributed by atoms with van der Waals surface area (Å²) in [6.45, 7) is -2.98. The van der Waals surface area contributed by atoms with Crippen molar-refractivity contribution in [1.82, 2.24) is 15.0 Å². The number of ether oxygens (including phenoxy) is 1. The van der Waals surface area contributed by atoms with Crippen LogP contribution in [0.1, 0.15) is 12.8 Å². The Bertz CT molecular complexity index is 739. The second-order valence-corrected chi connectivity index (χ2v) is 4.99. The Kier molecular flexibility index (Phi) is 4.31.